The first kappa shape index (κ1) is 21.8. The Morgan fingerprint density at radius 2 is 1.97 bits per heavy atom. The van der Waals surface area contributed by atoms with Crippen LogP contribution in [0.4, 0.5) is 11.4 Å². The lowest BCUT2D eigenvalue weighted by Crippen LogP contribution is -2.28. The first-order valence-corrected chi connectivity index (χ1v) is 12.3. The molecule has 164 valence electrons. The number of benzene rings is 2. The van der Waals surface area contributed by atoms with Gasteiger partial charge in [0.25, 0.3) is 0 Å². The van der Waals surface area contributed by atoms with Gasteiger partial charge in [0.2, 0.25) is 11.8 Å². The highest BCUT2D eigenvalue weighted by Crippen LogP contribution is 2.45. The summed E-state index contributed by atoms with van der Waals surface area (Å²) in [4.78, 5) is 27.0. The zero-order chi connectivity index (χ0) is 21.6. The topological polar surface area (TPSA) is 58.6 Å². The summed E-state index contributed by atoms with van der Waals surface area (Å²) >= 11 is 1.60. The molecule has 31 heavy (non-hydrogen) atoms. The number of carbonyl (C=O) groups is 2. The molecule has 0 unspecified atom stereocenters. The van der Waals surface area contributed by atoms with Gasteiger partial charge in [0.05, 0.1) is 18.0 Å². The number of nitrogens with one attached hydrogen (secondary N) is 1. The van der Waals surface area contributed by atoms with Gasteiger partial charge in [0.1, 0.15) is 11.1 Å². The number of thioether (sulfide) groups is 1. The molecular weight excluding hydrogens is 408 g/mol. The van der Waals surface area contributed by atoms with Gasteiger partial charge >= 0.3 is 0 Å². The SMILES string of the molecule is CCOc1ccccc1N1C(=O)CS[C@@H]1c1cccc(NC(=O)CCC2CCCC2)c1. The minimum absolute atomic E-state index is 0.0631. The second kappa shape index (κ2) is 10.2. The molecule has 6 heteroatoms. The van der Waals surface area contributed by atoms with E-state index in [1.165, 1.54) is 25.7 Å². The molecule has 1 aliphatic carbocycles. The van der Waals surface area contributed by atoms with Crippen molar-refractivity contribution in [2.75, 3.05) is 22.6 Å². The van der Waals surface area contributed by atoms with E-state index < -0.39 is 0 Å². The van der Waals surface area contributed by atoms with E-state index in [1.807, 2.05) is 60.4 Å². The van der Waals surface area contributed by atoms with E-state index in [9.17, 15) is 9.59 Å². The summed E-state index contributed by atoms with van der Waals surface area (Å²) in [6.45, 7) is 2.48. The third-order valence-corrected chi connectivity index (χ3v) is 7.21. The molecule has 0 bridgehead atoms. The van der Waals surface area contributed by atoms with Crippen LogP contribution in [0.5, 0.6) is 5.75 Å². The fourth-order valence-electron chi connectivity index (χ4n) is 4.49. The molecule has 1 saturated heterocycles. The summed E-state index contributed by atoms with van der Waals surface area (Å²) in [6, 6.07) is 15.5. The van der Waals surface area contributed by atoms with Crippen molar-refractivity contribution in [3.63, 3.8) is 0 Å². The quantitative estimate of drug-likeness (QED) is 0.568. The molecule has 0 spiro atoms. The molecule has 5 nitrogen and oxygen atoms in total. The lowest BCUT2D eigenvalue weighted by Gasteiger charge is -2.26. The number of carbonyl (C=O) groups excluding carboxylic acids is 2. The van der Waals surface area contributed by atoms with E-state index in [2.05, 4.69) is 5.32 Å². The molecule has 0 aromatic heterocycles. The average Bonchev–Trinajstić information content (AvgIpc) is 3.43. The van der Waals surface area contributed by atoms with Crippen LogP contribution < -0.4 is 15.0 Å². The molecular formula is C25H30N2O3S. The molecule has 1 N–H and O–H groups in total. The van der Waals surface area contributed by atoms with Crippen molar-refractivity contribution in [2.45, 2.75) is 50.8 Å². The van der Waals surface area contributed by atoms with Crippen LogP contribution in [0.3, 0.4) is 0 Å². The highest BCUT2D eigenvalue weighted by atomic mass is 32.2. The number of nitrogens with zero attached hydrogens (tertiary/aromatic N) is 1. The second-order valence-electron chi connectivity index (χ2n) is 8.19. The second-order valence-corrected chi connectivity index (χ2v) is 9.26. The van der Waals surface area contributed by atoms with Crippen LogP contribution in [0.15, 0.2) is 48.5 Å². The Bertz CT molecular complexity index is 926. The third kappa shape index (κ3) is 5.24. The van der Waals surface area contributed by atoms with Gasteiger partial charge < -0.3 is 10.1 Å². The number of amides is 2. The normalized spacial score (nSPS) is 19.1. The van der Waals surface area contributed by atoms with Gasteiger partial charge in [-0.3, -0.25) is 14.5 Å². The smallest absolute Gasteiger partial charge is 0.238 e. The van der Waals surface area contributed by atoms with E-state index in [4.69, 9.17) is 4.74 Å². The molecule has 0 radical (unpaired) electrons. The zero-order valence-electron chi connectivity index (χ0n) is 18.0. The van der Waals surface area contributed by atoms with Gasteiger partial charge in [-0.25, -0.2) is 0 Å². The molecule has 2 aromatic carbocycles. The van der Waals surface area contributed by atoms with Crippen LogP contribution in [0.25, 0.3) is 0 Å². The minimum atomic E-state index is -0.149. The fraction of sp³-hybridized carbons (Fsp3) is 0.440. The Balaban J connectivity index is 1.48. The fourth-order valence-corrected chi connectivity index (χ4v) is 5.65. The molecule has 2 aromatic rings. The number of rotatable bonds is 8. The lowest BCUT2D eigenvalue weighted by atomic mass is 10.0. The van der Waals surface area contributed by atoms with Crippen molar-refractivity contribution >= 4 is 35.0 Å². The number of para-hydroxylation sites is 2. The number of hydrogen-bond acceptors (Lipinski definition) is 4. The summed E-state index contributed by atoms with van der Waals surface area (Å²) in [5.41, 5.74) is 2.57. The van der Waals surface area contributed by atoms with Crippen molar-refractivity contribution < 1.29 is 14.3 Å². The molecule has 2 aliphatic rings. The third-order valence-electron chi connectivity index (χ3n) is 6.00. The van der Waals surface area contributed by atoms with Gasteiger partial charge in [-0.05, 0) is 49.1 Å². The maximum absolute atomic E-state index is 12.8. The number of ether oxygens (including phenoxy) is 1. The Kier molecular flexibility index (Phi) is 7.17. The Hall–Kier alpha value is -2.47. The molecule has 1 saturated carbocycles. The maximum atomic E-state index is 12.8. The average molecular weight is 439 g/mol. The molecule has 2 amide bonds. The van der Waals surface area contributed by atoms with Gasteiger partial charge in [-0.1, -0.05) is 49.9 Å². The van der Waals surface area contributed by atoms with Gasteiger partial charge in [-0.15, -0.1) is 11.8 Å². The van der Waals surface area contributed by atoms with E-state index in [-0.39, 0.29) is 17.2 Å². The standard InChI is InChI=1S/C25H30N2O3S/c1-2-30-22-13-6-5-12-21(22)27-24(29)17-31-25(27)19-10-7-11-20(16-19)26-23(28)15-14-18-8-3-4-9-18/h5-7,10-13,16,18,25H,2-4,8-9,14-15,17H2,1H3,(H,26,28)/t25-/m1/s1. The zero-order valence-corrected chi connectivity index (χ0v) is 18.8. The lowest BCUT2D eigenvalue weighted by molar-refractivity contribution is -0.117. The van der Waals surface area contributed by atoms with Crippen molar-refractivity contribution in [3.8, 4) is 5.75 Å². The van der Waals surface area contributed by atoms with Crippen molar-refractivity contribution in [1.29, 1.82) is 0 Å². The van der Waals surface area contributed by atoms with E-state index in [0.717, 1.165) is 23.4 Å². The van der Waals surface area contributed by atoms with Gasteiger partial charge in [-0.2, -0.15) is 0 Å². The van der Waals surface area contributed by atoms with E-state index in [0.29, 0.717) is 30.4 Å². The molecule has 1 aliphatic heterocycles. The number of hydrogen-bond donors (Lipinski definition) is 1. The van der Waals surface area contributed by atoms with Crippen molar-refractivity contribution in [2.24, 2.45) is 5.92 Å². The largest absolute Gasteiger partial charge is 0.492 e. The van der Waals surface area contributed by atoms with Crippen molar-refractivity contribution in [1.82, 2.24) is 0 Å². The summed E-state index contributed by atoms with van der Waals surface area (Å²) in [7, 11) is 0. The summed E-state index contributed by atoms with van der Waals surface area (Å²) in [6.07, 6.45) is 6.66. The van der Waals surface area contributed by atoms with Gasteiger partial charge in [0, 0.05) is 12.1 Å². The van der Waals surface area contributed by atoms with Crippen LogP contribution >= 0.6 is 11.8 Å². The first-order valence-electron chi connectivity index (χ1n) is 11.2. The van der Waals surface area contributed by atoms with Crippen LogP contribution in [0.2, 0.25) is 0 Å². The molecule has 1 atom stereocenters. The summed E-state index contributed by atoms with van der Waals surface area (Å²) < 4.78 is 5.77. The summed E-state index contributed by atoms with van der Waals surface area (Å²) in [5, 5.41) is 2.90. The Labute approximate surface area is 188 Å². The van der Waals surface area contributed by atoms with Crippen LogP contribution in [-0.4, -0.2) is 24.2 Å². The molecule has 1 heterocycles. The predicted molar refractivity (Wildman–Crippen MR) is 127 cm³/mol. The van der Waals surface area contributed by atoms with Crippen molar-refractivity contribution in [3.05, 3.63) is 54.1 Å². The highest BCUT2D eigenvalue weighted by Gasteiger charge is 2.35. The van der Waals surface area contributed by atoms with E-state index >= 15 is 0 Å². The van der Waals surface area contributed by atoms with E-state index in [1.54, 1.807) is 11.8 Å². The maximum Gasteiger partial charge on any atom is 0.238 e. The first-order chi connectivity index (χ1) is 15.2. The Morgan fingerprint density at radius 3 is 2.77 bits per heavy atom. The summed E-state index contributed by atoms with van der Waals surface area (Å²) in [5.74, 6) is 1.97. The highest BCUT2D eigenvalue weighted by molar-refractivity contribution is 8.00. The molecule has 4 rings (SSSR count). The van der Waals surface area contributed by atoms with Gasteiger partial charge in [0.15, 0.2) is 0 Å². The number of anilines is 2. The Morgan fingerprint density at radius 1 is 1.16 bits per heavy atom. The van der Waals surface area contributed by atoms with Crippen LogP contribution in [-0.2, 0) is 9.59 Å². The minimum Gasteiger partial charge on any atom is -0.492 e. The van der Waals surface area contributed by atoms with Crippen LogP contribution in [0, 0.1) is 5.92 Å². The monoisotopic (exact) mass is 438 g/mol. The van der Waals surface area contributed by atoms with Crippen LogP contribution in [0.1, 0.15) is 56.4 Å². The molecule has 2 fully saturated rings. The predicted octanol–water partition coefficient (Wildman–Crippen LogP) is 5.77.